The molecule has 0 radical (unpaired) electrons. The summed E-state index contributed by atoms with van der Waals surface area (Å²) in [7, 11) is 7.12. The van der Waals surface area contributed by atoms with Gasteiger partial charge in [0.05, 0.1) is 59.4 Å². The van der Waals surface area contributed by atoms with Crippen molar-refractivity contribution < 1.29 is 38.6 Å². The second-order valence-electron chi connectivity index (χ2n) is 19.1. The summed E-state index contributed by atoms with van der Waals surface area (Å²) >= 11 is 0. The molecule has 0 spiro atoms. The van der Waals surface area contributed by atoms with Crippen molar-refractivity contribution in [1.82, 2.24) is 0 Å². The van der Waals surface area contributed by atoms with Crippen LogP contribution in [-0.4, -0.2) is 52.7 Å². The molecule has 0 amide bonds. The van der Waals surface area contributed by atoms with Crippen molar-refractivity contribution >= 4 is 36.4 Å². The predicted molar refractivity (Wildman–Crippen MR) is 297 cm³/mol. The van der Waals surface area contributed by atoms with Gasteiger partial charge in [0.1, 0.15) is 0 Å². The van der Waals surface area contributed by atoms with Crippen LogP contribution in [0.1, 0.15) is 151 Å². The fourth-order valence-corrected chi connectivity index (χ4v) is 10.8. The van der Waals surface area contributed by atoms with E-state index in [2.05, 4.69) is 173 Å². The van der Waals surface area contributed by atoms with Crippen molar-refractivity contribution in [3.8, 4) is 0 Å². The number of hydrogen-bond donors (Lipinski definition) is 0. The Kier molecular flexibility index (Phi) is 47.0. The monoisotopic (exact) mass is 998 g/mol. The molecule has 8 rings (SSSR count). The SMILES string of the molecule is C1CCCC1.C1CCCC1.C1CCCC1.C1CCCC1.C[N+](C)(C)C.Cc1ccc(P(C)c2ccc(C)cc2)cc1.Cc1ccc([P+](C)(C)c2ccc(C)cc2)cc1.[CH3-].[CH3-].[CH3-].[CH3-].[Fe+2].[Fe+2]. The maximum absolute atomic E-state index is 2.39. The van der Waals surface area contributed by atoms with Gasteiger partial charge in [0.15, 0.2) is 0 Å². The summed E-state index contributed by atoms with van der Waals surface area (Å²) in [5.74, 6) is 0. The molecule has 4 aromatic rings. The molecule has 0 aliphatic heterocycles. The second-order valence-corrected chi connectivity index (χ2v) is 25.2. The first-order valence-corrected chi connectivity index (χ1v) is 27.8. The van der Waals surface area contributed by atoms with Crippen molar-refractivity contribution in [1.29, 1.82) is 0 Å². The van der Waals surface area contributed by atoms with E-state index >= 15 is 0 Å². The molecule has 64 heavy (non-hydrogen) atoms. The molecule has 4 fully saturated rings. The van der Waals surface area contributed by atoms with Gasteiger partial charge in [-0.05, 0) is 77.2 Å². The average molecular weight is 998 g/mol. The van der Waals surface area contributed by atoms with Crippen molar-refractivity contribution in [3.63, 3.8) is 0 Å². The van der Waals surface area contributed by atoms with E-state index in [0.29, 0.717) is 0 Å². The van der Waals surface area contributed by atoms with E-state index in [1.54, 1.807) is 0 Å². The van der Waals surface area contributed by atoms with Gasteiger partial charge in [0, 0.05) is 0 Å². The van der Waals surface area contributed by atoms with E-state index in [9.17, 15) is 0 Å². The molecule has 0 N–H and O–H groups in total. The third-order valence-electron chi connectivity index (χ3n) is 11.2. The molecular weight excluding hydrogens is 896 g/mol. The number of aryl methyl sites for hydroxylation is 4. The Morgan fingerprint density at radius 1 is 0.328 bits per heavy atom. The molecule has 4 aliphatic carbocycles. The molecule has 0 aromatic heterocycles. The molecule has 366 valence electrons. The molecule has 0 bridgehead atoms. The first-order valence-electron chi connectivity index (χ1n) is 23.3. The smallest absolute Gasteiger partial charge is 0.358 e. The second kappa shape index (κ2) is 41.9. The van der Waals surface area contributed by atoms with Crippen molar-refractivity contribution in [2.24, 2.45) is 0 Å². The molecule has 4 aromatic carbocycles. The first-order chi connectivity index (χ1) is 27.7. The van der Waals surface area contributed by atoms with Crippen molar-refractivity contribution in [3.05, 3.63) is 149 Å². The van der Waals surface area contributed by atoms with Crippen molar-refractivity contribution in [2.75, 3.05) is 48.2 Å². The number of hydrogen-bond acceptors (Lipinski definition) is 0. The van der Waals surface area contributed by atoms with Crippen LogP contribution >= 0.6 is 15.2 Å². The maximum Gasteiger partial charge on any atom is 2.00 e. The number of rotatable bonds is 4. The van der Waals surface area contributed by atoms with Gasteiger partial charge in [-0.1, -0.05) is 223 Å². The van der Waals surface area contributed by atoms with Crippen LogP contribution in [0.2, 0.25) is 0 Å². The van der Waals surface area contributed by atoms with E-state index in [-0.39, 0.29) is 71.8 Å². The molecule has 0 saturated heterocycles. The Bertz CT molecular complexity index is 1390. The largest absolute Gasteiger partial charge is 2.00 e. The summed E-state index contributed by atoms with van der Waals surface area (Å²) < 4.78 is 1.00. The zero-order chi connectivity index (χ0) is 42.7. The Labute approximate surface area is 425 Å². The molecule has 4 aliphatic rings. The van der Waals surface area contributed by atoms with Crippen molar-refractivity contribution in [2.45, 2.75) is 156 Å². The summed E-state index contributed by atoms with van der Waals surface area (Å²) in [6.45, 7) is 15.7. The fraction of sp³-hybridized carbons (Fsp3) is 0.525. The van der Waals surface area contributed by atoms with Crippen LogP contribution < -0.4 is 21.2 Å². The first kappa shape index (κ1) is 71.7. The quantitative estimate of drug-likeness (QED) is 0.0827. The zero-order valence-corrected chi connectivity index (χ0v) is 48.4. The van der Waals surface area contributed by atoms with Gasteiger partial charge in [-0.15, -0.1) is 0 Å². The Morgan fingerprint density at radius 2 is 0.469 bits per heavy atom. The predicted octanol–water partition coefficient (Wildman–Crippen LogP) is 16.8. The Morgan fingerprint density at radius 3 is 0.625 bits per heavy atom. The molecule has 0 unspecified atom stereocenters. The molecule has 0 atom stereocenters. The van der Waals surface area contributed by atoms with Gasteiger partial charge >= 0.3 is 34.1 Å². The number of quaternary nitrogens is 1. The molecule has 0 heterocycles. The zero-order valence-electron chi connectivity index (χ0n) is 44.4. The number of benzene rings is 4. The summed E-state index contributed by atoms with van der Waals surface area (Å²) in [5, 5.41) is 5.85. The summed E-state index contributed by atoms with van der Waals surface area (Å²) in [6.07, 6.45) is 30.0. The van der Waals surface area contributed by atoms with Gasteiger partial charge < -0.3 is 34.2 Å². The molecule has 4 saturated carbocycles. The third kappa shape index (κ3) is 35.0. The normalized spacial score (nSPS) is 14.2. The Balaban J connectivity index is -0.000000225. The van der Waals surface area contributed by atoms with Gasteiger partial charge in [-0.25, -0.2) is 0 Å². The van der Waals surface area contributed by atoms with Gasteiger partial charge in [-0.2, -0.15) is 0 Å². The topological polar surface area (TPSA) is 0 Å². The summed E-state index contributed by atoms with van der Waals surface area (Å²) in [6, 6.07) is 35.8. The average Bonchev–Trinajstić information content (AvgIpc) is 4.06. The number of nitrogens with zero attached hydrogens (tertiary/aromatic N) is 1. The van der Waals surface area contributed by atoms with E-state index in [0.717, 1.165) is 4.48 Å². The van der Waals surface area contributed by atoms with Crippen LogP contribution in [0.15, 0.2) is 97.1 Å². The van der Waals surface area contributed by atoms with Crippen LogP contribution in [0, 0.1) is 57.4 Å². The maximum atomic E-state index is 2.39. The molecular formula is C59H101Fe2NP2+2. The summed E-state index contributed by atoms with van der Waals surface area (Å²) in [5.41, 5.74) is 5.32. The van der Waals surface area contributed by atoms with Crippen LogP contribution in [0.4, 0.5) is 0 Å². The molecule has 1 nitrogen and oxygen atoms in total. The molecule has 5 heteroatoms. The van der Waals surface area contributed by atoms with E-state index in [4.69, 9.17) is 0 Å². The van der Waals surface area contributed by atoms with E-state index in [1.807, 2.05) is 0 Å². The fourth-order valence-electron chi connectivity index (χ4n) is 7.21. The van der Waals surface area contributed by atoms with Gasteiger partial charge in [0.2, 0.25) is 0 Å². The van der Waals surface area contributed by atoms with Crippen LogP contribution in [0.25, 0.3) is 0 Å². The minimum absolute atomic E-state index is 0. The standard InChI is InChI=1S/C16H20P.C15H17P.4C5H10.C4H12N.4CH3.2Fe/c1-13-5-9-15(10-6-13)17(3,4)16-11-7-14(2)8-12-16;1-12-4-8-14(9-5-12)16(3)15-10-6-13(2)7-11-15;4*1-2-4-5-3-1;1-5(2,3)4;;;;;;/h5-12H,1-4H3;4-11H,1-3H3;4*1-5H2;1-4H3;4*1H3;;/q+1;;;;;;+1;4*-1;2*+2. The Hall–Kier alpha value is -1.26. The third-order valence-corrected chi connectivity index (χ3v) is 16.5. The van der Waals surface area contributed by atoms with E-state index < -0.39 is 7.26 Å². The minimum atomic E-state index is -1.19. The van der Waals surface area contributed by atoms with Gasteiger partial charge in [0.25, 0.3) is 0 Å². The van der Waals surface area contributed by atoms with Gasteiger partial charge in [-0.3, -0.25) is 0 Å². The summed E-state index contributed by atoms with van der Waals surface area (Å²) in [4.78, 5) is 0. The van der Waals surface area contributed by atoms with E-state index in [1.165, 1.54) is 172 Å². The minimum Gasteiger partial charge on any atom is -0.358 e. The van der Waals surface area contributed by atoms with Crippen LogP contribution in [0.3, 0.4) is 0 Å². The van der Waals surface area contributed by atoms with Crippen LogP contribution in [-0.2, 0) is 34.1 Å². The van der Waals surface area contributed by atoms with Crippen LogP contribution in [0.5, 0.6) is 0 Å².